The zero-order chi connectivity index (χ0) is 70.0. The summed E-state index contributed by atoms with van der Waals surface area (Å²) in [5, 5.41) is 36.1. The van der Waals surface area contributed by atoms with Gasteiger partial charge in [0, 0.05) is 0 Å². The summed E-state index contributed by atoms with van der Waals surface area (Å²) in [6.07, 6.45) is 0. The van der Waals surface area contributed by atoms with Crippen molar-refractivity contribution in [1.29, 1.82) is 0 Å². The predicted octanol–water partition coefficient (Wildman–Crippen LogP) is 13.5. The maximum absolute atomic E-state index is 12.6. The molecular formula is C76H62N4O16. The van der Waals surface area contributed by atoms with Crippen LogP contribution in [-0.4, -0.2) is 91.6 Å². The lowest BCUT2D eigenvalue weighted by molar-refractivity contribution is 0.0686. The Morgan fingerprint density at radius 2 is 0.385 bits per heavy atom. The first-order chi connectivity index (χ1) is 45.4. The number of rotatable bonds is 8. The molecule has 8 amide bonds. The van der Waals surface area contributed by atoms with Crippen molar-refractivity contribution >= 4 is 93.9 Å². The number of imide groups is 4. The summed E-state index contributed by atoms with van der Waals surface area (Å²) >= 11 is 0. The molecule has 482 valence electrons. The number of hydrogen-bond acceptors (Lipinski definition) is 12. The monoisotopic (exact) mass is 1290 g/mol. The third kappa shape index (κ3) is 13.0. The Balaban J connectivity index is 0.000000144. The zero-order valence-corrected chi connectivity index (χ0v) is 53.6. The van der Waals surface area contributed by atoms with Crippen molar-refractivity contribution in [3.8, 4) is 0 Å². The summed E-state index contributed by atoms with van der Waals surface area (Å²) in [4.78, 5) is 149. The van der Waals surface area contributed by atoms with E-state index in [2.05, 4.69) is 38.1 Å². The quantitative estimate of drug-likeness (QED) is 0.103. The molecule has 4 N–H and O–H groups in total. The molecule has 0 radical (unpaired) electrons. The molecule has 9 aromatic carbocycles. The van der Waals surface area contributed by atoms with E-state index in [9.17, 15) is 57.5 Å². The summed E-state index contributed by atoms with van der Waals surface area (Å²) in [5.41, 5.74) is 12.8. The Bertz CT molecular complexity index is 4200. The summed E-state index contributed by atoms with van der Waals surface area (Å²) < 4.78 is 0. The number of benzene rings is 9. The third-order valence-corrected chi connectivity index (χ3v) is 16.4. The van der Waals surface area contributed by atoms with E-state index in [0.29, 0.717) is 22.7 Å². The Hall–Kier alpha value is -12.6. The van der Waals surface area contributed by atoms with Crippen LogP contribution in [0, 0.1) is 69.2 Å². The predicted molar refractivity (Wildman–Crippen MR) is 358 cm³/mol. The van der Waals surface area contributed by atoms with Crippen LogP contribution in [0.15, 0.2) is 170 Å². The van der Waals surface area contributed by atoms with Crippen molar-refractivity contribution in [2.75, 3.05) is 19.6 Å². The summed E-state index contributed by atoms with van der Waals surface area (Å²) in [6, 6.07) is 46.5. The van der Waals surface area contributed by atoms with Gasteiger partial charge in [-0.15, -0.1) is 0 Å². The van der Waals surface area contributed by atoms with Crippen molar-refractivity contribution in [3.05, 3.63) is 292 Å². The fourth-order valence-electron chi connectivity index (χ4n) is 11.6. The van der Waals surface area contributed by atoms with Crippen LogP contribution >= 0.6 is 0 Å². The number of para-hydroxylation sites is 4. The number of hydrogen-bond donors (Lipinski definition) is 4. The smallest absolute Gasteiger partial charge is 0.335 e. The first kappa shape index (κ1) is 67.8. The van der Waals surface area contributed by atoms with E-state index in [4.69, 9.17) is 20.4 Å². The maximum Gasteiger partial charge on any atom is 0.335 e. The van der Waals surface area contributed by atoms with Crippen molar-refractivity contribution < 1.29 is 78.0 Å². The normalized spacial score (nSPS) is 13.1. The second-order valence-electron chi connectivity index (χ2n) is 23.2. The molecule has 9 aromatic rings. The molecule has 0 aromatic heterocycles. The number of fused-ring (bicyclic) bond motifs is 4. The van der Waals surface area contributed by atoms with Gasteiger partial charge in [-0.25, -0.2) is 38.8 Å². The first-order valence-electron chi connectivity index (χ1n) is 29.8. The minimum Gasteiger partial charge on any atom is -0.478 e. The SMILES string of the molecule is Cc1ccc(C)cc1.Cc1cccc(C)c1N1C(=O)c2ccc(C(=O)O)cc2C1=O.Cc1cccc(C)c1N1C(=O)c2ccc(C(=O)O)cc2C1=O.Cc1cccc(C)c1N1C(=O)c2ccc(C(=O)O)cc2C1=O.Cc1cccc(C)c1N1C(=O)c2ccc(C(=O)O)cc2C1=O. The minimum absolute atomic E-state index is 0.0109. The van der Waals surface area contributed by atoms with Crippen molar-refractivity contribution in [1.82, 2.24) is 0 Å². The van der Waals surface area contributed by atoms with Gasteiger partial charge in [-0.05, 0) is 187 Å². The molecule has 0 aliphatic carbocycles. The van der Waals surface area contributed by atoms with Crippen molar-refractivity contribution in [2.45, 2.75) is 69.2 Å². The van der Waals surface area contributed by atoms with Crippen LogP contribution in [0.25, 0.3) is 0 Å². The molecule has 0 saturated heterocycles. The van der Waals surface area contributed by atoms with Crippen LogP contribution in [0.5, 0.6) is 0 Å². The van der Waals surface area contributed by atoms with Gasteiger partial charge in [0.25, 0.3) is 47.3 Å². The molecule has 20 heteroatoms. The molecule has 20 nitrogen and oxygen atoms in total. The molecule has 0 unspecified atom stereocenters. The Morgan fingerprint density at radius 1 is 0.229 bits per heavy atom. The Morgan fingerprint density at radius 3 is 0.542 bits per heavy atom. The number of carbonyl (C=O) groups excluding carboxylic acids is 8. The fraction of sp³-hybridized carbons (Fsp3) is 0.132. The number of aryl methyl sites for hydroxylation is 10. The molecule has 13 rings (SSSR count). The van der Waals surface area contributed by atoms with Crippen LogP contribution in [0.3, 0.4) is 0 Å². The third-order valence-electron chi connectivity index (χ3n) is 16.4. The summed E-state index contributed by atoms with van der Waals surface area (Å²) in [7, 11) is 0. The van der Waals surface area contributed by atoms with Crippen molar-refractivity contribution in [2.24, 2.45) is 0 Å². The van der Waals surface area contributed by atoms with Gasteiger partial charge in [-0.3, -0.25) is 38.4 Å². The average Bonchev–Trinajstić information content (AvgIpc) is 1.63. The summed E-state index contributed by atoms with van der Waals surface area (Å²) in [6.45, 7) is 18.8. The molecule has 4 aliphatic heterocycles. The first-order valence-corrected chi connectivity index (χ1v) is 29.8. The second kappa shape index (κ2) is 27.3. The number of carboxylic acids is 4. The minimum atomic E-state index is -1.13. The highest BCUT2D eigenvalue weighted by molar-refractivity contribution is 6.38. The lowest BCUT2D eigenvalue weighted by Crippen LogP contribution is -2.30. The van der Waals surface area contributed by atoms with Crippen LogP contribution in [-0.2, 0) is 0 Å². The van der Waals surface area contributed by atoms with E-state index in [0.717, 1.165) is 64.1 Å². The van der Waals surface area contributed by atoms with E-state index in [-0.39, 0.29) is 66.8 Å². The lowest BCUT2D eigenvalue weighted by atomic mass is 10.1. The van der Waals surface area contributed by atoms with Gasteiger partial charge in [0.1, 0.15) is 0 Å². The van der Waals surface area contributed by atoms with Crippen LogP contribution < -0.4 is 19.6 Å². The largest absolute Gasteiger partial charge is 0.478 e. The molecular weight excluding hydrogens is 1220 g/mol. The van der Waals surface area contributed by atoms with Crippen LogP contribution in [0.2, 0.25) is 0 Å². The molecule has 0 fully saturated rings. The molecule has 0 spiro atoms. The number of anilines is 4. The number of carboxylic acid groups (broad SMARTS) is 4. The molecule has 0 bridgehead atoms. The van der Waals surface area contributed by atoms with Gasteiger partial charge in [0.2, 0.25) is 0 Å². The van der Waals surface area contributed by atoms with Crippen LogP contribution in [0.1, 0.15) is 180 Å². The molecule has 0 saturated carbocycles. The Kier molecular flexibility index (Phi) is 19.3. The van der Waals surface area contributed by atoms with E-state index < -0.39 is 71.1 Å². The van der Waals surface area contributed by atoms with E-state index in [1.54, 1.807) is 0 Å². The number of nitrogens with zero attached hydrogens (tertiary/aromatic N) is 4. The number of carbonyl (C=O) groups is 12. The van der Waals surface area contributed by atoms with Gasteiger partial charge in [-0.1, -0.05) is 108 Å². The zero-order valence-electron chi connectivity index (χ0n) is 53.6. The lowest BCUT2D eigenvalue weighted by Gasteiger charge is -2.19. The van der Waals surface area contributed by atoms with Gasteiger partial charge >= 0.3 is 23.9 Å². The molecule has 96 heavy (non-hydrogen) atoms. The number of amides is 8. The van der Waals surface area contributed by atoms with Crippen LogP contribution in [0.4, 0.5) is 22.7 Å². The number of aromatic carboxylic acids is 4. The van der Waals surface area contributed by atoms with Crippen molar-refractivity contribution in [3.63, 3.8) is 0 Å². The van der Waals surface area contributed by atoms with E-state index >= 15 is 0 Å². The highest BCUT2D eigenvalue weighted by Gasteiger charge is 2.42. The van der Waals surface area contributed by atoms with Gasteiger partial charge in [-0.2, -0.15) is 0 Å². The van der Waals surface area contributed by atoms with E-state index in [1.165, 1.54) is 83.9 Å². The maximum atomic E-state index is 12.6. The summed E-state index contributed by atoms with van der Waals surface area (Å²) in [5.74, 6) is -8.15. The molecule has 4 aliphatic rings. The highest BCUT2D eigenvalue weighted by atomic mass is 16.4. The van der Waals surface area contributed by atoms with Gasteiger partial charge < -0.3 is 20.4 Å². The second-order valence-corrected chi connectivity index (χ2v) is 23.2. The highest BCUT2D eigenvalue weighted by Crippen LogP contribution is 2.38. The fourth-order valence-corrected chi connectivity index (χ4v) is 11.6. The van der Waals surface area contributed by atoms with E-state index in [1.807, 2.05) is 128 Å². The van der Waals surface area contributed by atoms with Gasteiger partial charge in [0.05, 0.1) is 89.5 Å². The standard InChI is InChI=1S/4C17H13NO4.C8H10/c4*1-9-4-3-5-10(2)14(9)18-15(19)12-7-6-11(17(21)22)8-13(12)16(18)20;1-7-3-5-8(2)6-4-7/h4*3-8H,1-2H3,(H,21,22);3-6H,1-2H3. The Labute approximate surface area is 550 Å². The molecule has 4 heterocycles. The molecule has 0 atom stereocenters. The average molecular weight is 1290 g/mol. The topological polar surface area (TPSA) is 299 Å². The van der Waals surface area contributed by atoms with Gasteiger partial charge in [0.15, 0.2) is 0 Å².